The highest BCUT2D eigenvalue weighted by Gasteiger charge is 2.31. The molecule has 0 saturated heterocycles. The van der Waals surface area contributed by atoms with Crippen molar-refractivity contribution in [1.29, 1.82) is 0 Å². The van der Waals surface area contributed by atoms with Crippen LogP contribution in [0.5, 0.6) is 0 Å². The van der Waals surface area contributed by atoms with Crippen molar-refractivity contribution in [2.75, 3.05) is 21.1 Å². The van der Waals surface area contributed by atoms with Crippen LogP contribution in [0.1, 0.15) is 5.69 Å². The van der Waals surface area contributed by atoms with E-state index in [4.69, 9.17) is 5.11 Å². The topological polar surface area (TPSA) is 66.0 Å². The molecule has 0 spiro atoms. The van der Waals surface area contributed by atoms with Crippen molar-refractivity contribution in [3.05, 3.63) is 11.9 Å². The van der Waals surface area contributed by atoms with Crippen LogP contribution in [0.3, 0.4) is 0 Å². The van der Waals surface area contributed by atoms with E-state index in [-0.39, 0.29) is 0 Å². The lowest BCUT2D eigenvalue weighted by Crippen LogP contribution is -2.51. The molecule has 0 aliphatic rings. The van der Waals surface area contributed by atoms with Gasteiger partial charge in [0.05, 0.1) is 27.6 Å². The fourth-order valence-electron chi connectivity index (χ4n) is 1.35. The summed E-state index contributed by atoms with van der Waals surface area (Å²) in [7, 11) is 5.57. The number of aromatic nitrogens is 2. The van der Waals surface area contributed by atoms with E-state index < -0.39 is 12.0 Å². The highest BCUT2D eigenvalue weighted by Crippen LogP contribution is 2.11. The van der Waals surface area contributed by atoms with Gasteiger partial charge in [0.25, 0.3) is 0 Å². The molecule has 0 bridgehead atoms. The lowest BCUT2D eigenvalue weighted by molar-refractivity contribution is -0.887. The van der Waals surface area contributed by atoms with Crippen LogP contribution < -0.4 is 0 Å². The summed E-state index contributed by atoms with van der Waals surface area (Å²) in [4.78, 5) is 17.9. The van der Waals surface area contributed by atoms with Crippen LogP contribution >= 0.6 is 12.6 Å². The zero-order valence-corrected chi connectivity index (χ0v) is 9.95. The van der Waals surface area contributed by atoms with E-state index in [0.717, 1.165) is 5.69 Å². The summed E-state index contributed by atoms with van der Waals surface area (Å²) in [5.74, 6) is -0.808. The van der Waals surface area contributed by atoms with Crippen molar-refractivity contribution in [3.8, 4) is 0 Å². The van der Waals surface area contributed by atoms with Crippen molar-refractivity contribution in [2.24, 2.45) is 0 Å². The van der Waals surface area contributed by atoms with E-state index in [1.165, 1.54) is 0 Å². The normalized spacial score (nSPS) is 13.9. The van der Waals surface area contributed by atoms with Gasteiger partial charge in [-0.1, -0.05) is 0 Å². The van der Waals surface area contributed by atoms with E-state index in [1.54, 1.807) is 6.20 Å². The molecule has 1 atom stereocenters. The first-order valence-corrected chi connectivity index (χ1v) is 5.02. The molecule has 0 radical (unpaired) electrons. The molecule has 15 heavy (non-hydrogen) atoms. The number of imidazole rings is 1. The Labute approximate surface area is 94.1 Å². The van der Waals surface area contributed by atoms with Gasteiger partial charge >= 0.3 is 5.97 Å². The number of likely N-dealkylation sites (N-methyl/N-ethyl adjacent to an activating group) is 1. The Kier molecular flexibility index (Phi) is 3.41. The third-order valence-corrected chi connectivity index (χ3v) is 2.48. The second-order valence-corrected chi connectivity index (χ2v) is 4.83. The lowest BCUT2D eigenvalue weighted by Gasteiger charge is -2.30. The van der Waals surface area contributed by atoms with Gasteiger partial charge in [-0.05, 0) is 0 Å². The molecule has 0 amide bonds. The van der Waals surface area contributed by atoms with Gasteiger partial charge in [-0.2, -0.15) is 0 Å². The molecular formula is C9H16N3O2S+. The van der Waals surface area contributed by atoms with Crippen LogP contribution in [0.15, 0.2) is 11.4 Å². The predicted octanol–water partition coefficient (Wildman–Crippen LogP) is 0.400. The molecule has 1 aromatic rings. The van der Waals surface area contributed by atoms with E-state index in [0.29, 0.717) is 16.1 Å². The van der Waals surface area contributed by atoms with Crippen LogP contribution in [0.4, 0.5) is 0 Å². The minimum absolute atomic E-state index is 0.371. The van der Waals surface area contributed by atoms with Gasteiger partial charge < -0.3 is 14.6 Å². The SMILES string of the molecule is C[N+](C)(C)C(Cc1cnc(S)[nH]1)C(=O)O. The van der Waals surface area contributed by atoms with Gasteiger partial charge in [0.15, 0.2) is 11.2 Å². The molecule has 0 saturated carbocycles. The zero-order valence-electron chi connectivity index (χ0n) is 9.06. The third-order valence-electron chi connectivity index (χ3n) is 2.25. The molecule has 0 aromatic carbocycles. The van der Waals surface area contributed by atoms with Crippen molar-refractivity contribution >= 4 is 18.6 Å². The first-order chi connectivity index (χ1) is 6.80. The maximum absolute atomic E-state index is 11.1. The summed E-state index contributed by atoms with van der Waals surface area (Å²) in [5, 5.41) is 9.62. The van der Waals surface area contributed by atoms with Crippen molar-refractivity contribution in [2.45, 2.75) is 17.6 Å². The fraction of sp³-hybridized carbons (Fsp3) is 0.556. The maximum Gasteiger partial charge on any atom is 0.362 e. The fourth-order valence-corrected chi connectivity index (χ4v) is 1.55. The number of aromatic amines is 1. The number of hydrogen-bond acceptors (Lipinski definition) is 3. The highest BCUT2D eigenvalue weighted by molar-refractivity contribution is 7.80. The molecular weight excluding hydrogens is 214 g/mol. The van der Waals surface area contributed by atoms with Gasteiger partial charge in [0, 0.05) is 11.9 Å². The molecule has 0 fully saturated rings. The molecule has 1 unspecified atom stereocenters. The molecule has 84 valence electrons. The summed E-state index contributed by atoms with van der Waals surface area (Å²) < 4.78 is 0.371. The molecule has 1 aromatic heterocycles. The molecule has 1 rings (SSSR count). The monoisotopic (exact) mass is 230 g/mol. The quantitative estimate of drug-likeness (QED) is 0.518. The Hall–Kier alpha value is -1.01. The maximum atomic E-state index is 11.1. The number of rotatable bonds is 4. The van der Waals surface area contributed by atoms with Crippen molar-refractivity contribution < 1.29 is 14.4 Å². The number of carbonyl (C=O) groups is 1. The minimum Gasteiger partial charge on any atom is -0.477 e. The van der Waals surface area contributed by atoms with Crippen molar-refractivity contribution in [1.82, 2.24) is 9.97 Å². The number of thiol groups is 1. The summed E-state index contributed by atoms with van der Waals surface area (Å²) >= 11 is 4.03. The third kappa shape index (κ3) is 3.24. The summed E-state index contributed by atoms with van der Waals surface area (Å²) in [5.41, 5.74) is 0.792. The summed E-state index contributed by atoms with van der Waals surface area (Å²) in [6, 6.07) is -0.488. The lowest BCUT2D eigenvalue weighted by atomic mass is 10.1. The molecule has 0 aliphatic heterocycles. The van der Waals surface area contributed by atoms with E-state index in [9.17, 15) is 4.79 Å². The van der Waals surface area contributed by atoms with E-state index in [1.807, 2.05) is 21.1 Å². The van der Waals surface area contributed by atoms with Crippen molar-refractivity contribution in [3.63, 3.8) is 0 Å². The van der Waals surface area contributed by atoms with Crippen LogP contribution in [0.2, 0.25) is 0 Å². The van der Waals surface area contributed by atoms with Crippen LogP contribution in [0, 0.1) is 0 Å². The van der Waals surface area contributed by atoms with Gasteiger partial charge in [0.1, 0.15) is 0 Å². The number of hydrogen-bond donors (Lipinski definition) is 3. The smallest absolute Gasteiger partial charge is 0.362 e. The first kappa shape index (κ1) is 12.1. The number of aliphatic carboxylic acids is 1. The average Bonchev–Trinajstić information content (AvgIpc) is 2.44. The Balaban J connectivity index is 2.81. The molecule has 6 heteroatoms. The standard InChI is InChI=1S/C9H15N3O2S/c1-12(2,3)7(8(13)14)4-6-5-10-9(15)11-6/h5,7H,4H2,1-3H3,(H2-,10,11,13,14,15)/p+1. The van der Waals surface area contributed by atoms with E-state index in [2.05, 4.69) is 22.6 Å². The second kappa shape index (κ2) is 4.24. The Morgan fingerprint density at radius 2 is 2.27 bits per heavy atom. The number of quaternary nitrogens is 1. The Bertz CT molecular complexity index is 356. The van der Waals surface area contributed by atoms with Gasteiger partial charge in [-0.15, -0.1) is 12.6 Å². The number of carboxylic acid groups (broad SMARTS) is 1. The number of nitrogens with zero attached hydrogens (tertiary/aromatic N) is 2. The summed E-state index contributed by atoms with van der Waals surface area (Å²) in [6.45, 7) is 0. The Morgan fingerprint density at radius 1 is 1.67 bits per heavy atom. The van der Waals surface area contributed by atoms with E-state index >= 15 is 0 Å². The molecule has 2 N–H and O–H groups in total. The highest BCUT2D eigenvalue weighted by atomic mass is 32.1. The number of carboxylic acids is 1. The largest absolute Gasteiger partial charge is 0.477 e. The van der Waals surface area contributed by atoms with Crippen LogP contribution in [-0.4, -0.2) is 52.7 Å². The first-order valence-electron chi connectivity index (χ1n) is 4.57. The van der Waals surface area contributed by atoms with Crippen LogP contribution in [0.25, 0.3) is 0 Å². The Morgan fingerprint density at radius 3 is 2.60 bits per heavy atom. The average molecular weight is 230 g/mol. The predicted molar refractivity (Wildman–Crippen MR) is 59.0 cm³/mol. The second-order valence-electron chi connectivity index (χ2n) is 4.41. The number of nitrogens with one attached hydrogen (secondary N) is 1. The summed E-state index contributed by atoms with van der Waals surface area (Å²) in [6.07, 6.45) is 2.04. The molecule has 0 aliphatic carbocycles. The molecule has 1 heterocycles. The minimum atomic E-state index is -0.808. The van der Waals surface area contributed by atoms with Gasteiger partial charge in [-0.3, -0.25) is 0 Å². The molecule has 5 nitrogen and oxygen atoms in total. The number of H-pyrrole nitrogens is 1. The van der Waals surface area contributed by atoms with Gasteiger partial charge in [-0.25, -0.2) is 9.78 Å². The van der Waals surface area contributed by atoms with Gasteiger partial charge in [0.2, 0.25) is 0 Å². The zero-order chi connectivity index (χ0) is 11.6. The van der Waals surface area contributed by atoms with Crippen LogP contribution in [-0.2, 0) is 11.2 Å².